The monoisotopic (exact) mass is 380 g/mol. The lowest BCUT2D eigenvalue weighted by Crippen LogP contribution is -2.38. The van der Waals surface area contributed by atoms with E-state index in [1.165, 1.54) is 17.8 Å². The molecule has 114 valence electrons. The van der Waals surface area contributed by atoms with Crippen molar-refractivity contribution < 1.29 is 8.42 Å². The van der Waals surface area contributed by atoms with Crippen LogP contribution in [0.2, 0.25) is 0 Å². The molecule has 0 amide bonds. The normalized spacial score (nSPS) is 23.9. The average molecular weight is 381 g/mol. The van der Waals surface area contributed by atoms with E-state index >= 15 is 0 Å². The highest BCUT2D eigenvalue weighted by Crippen LogP contribution is 2.33. The lowest BCUT2D eigenvalue weighted by molar-refractivity contribution is 0.301. The van der Waals surface area contributed by atoms with E-state index in [0.29, 0.717) is 21.1 Å². The molecule has 2 rings (SSSR count). The topological polar surface area (TPSA) is 72.2 Å². The summed E-state index contributed by atoms with van der Waals surface area (Å²) < 4.78 is 28.4. The first-order chi connectivity index (χ1) is 9.46. The number of rotatable bonds is 5. The molecule has 4 nitrogen and oxygen atoms in total. The fraction of sp³-hybridized carbons (Fsp3) is 0.692. The first-order valence-electron chi connectivity index (χ1n) is 6.96. The Kier molecular flexibility index (Phi) is 5.64. The third-order valence-electron chi connectivity index (χ3n) is 3.88. The highest BCUT2D eigenvalue weighted by atomic mass is 79.9. The van der Waals surface area contributed by atoms with Crippen molar-refractivity contribution >= 4 is 37.3 Å². The molecule has 1 heterocycles. The second-order valence-electron chi connectivity index (χ2n) is 5.31. The quantitative estimate of drug-likeness (QED) is 0.823. The average Bonchev–Trinajstić information content (AvgIpc) is 2.80. The summed E-state index contributed by atoms with van der Waals surface area (Å²) in [6.45, 7) is 2.53. The SMILES string of the molecule is CCC1CCCC(NS(=O)(=O)c2cc(CN)sc2Br)C1. The predicted octanol–water partition coefficient (Wildman–Crippen LogP) is 3.22. The zero-order chi connectivity index (χ0) is 14.8. The summed E-state index contributed by atoms with van der Waals surface area (Å²) in [5, 5.41) is 0. The molecule has 0 aromatic carbocycles. The number of halogens is 1. The number of sulfonamides is 1. The van der Waals surface area contributed by atoms with Crippen LogP contribution in [0.25, 0.3) is 0 Å². The number of thiophene rings is 1. The molecule has 0 aliphatic heterocycles. The number of nitrogens with two attached hydrogens (primary N) is 1. The second-order valence-corrected chi connectivity index (χ2v) is 9.45. The molecule has 1 aliphatic carbocycles. The summed E-state index contributed by atoms with van der Waals surface area (Å²) in [6.07, 6.45) is 5.32. The Hall–Kier alpha value is 0.0500. The molecule has 1 fully saturated rings. The standard InChI is InChI=1S/C13H21BrN2O2S2/c1-2-9-4-3-5-10(6-9)16-20(17,18)12-7-11(8-15)19-13(12)14/h7,9-10,16H,2-6,8,15H2,1H3. The Bertz CT molecular complexity index is 557. The molecule has 0 spiro atoms. The largest absolute Gasteiger partial charge is 0.326 e. The van der Waals surface area contributed by atoms with Crippen LogP contribution in [0.3, 0.4) is 0 Å². The Labute approximate surface area is 133 Å². The molecule has 3 N–H and O–H groups in total. The molecule has 2 unspecified atom stereocenters. The van der Waals surface area contributed by atoms with Crippen LogP contribution >= 0.6 is 27.3 Å². The highest BCUT2D eigenvalue weighted by molar-refractivity contribution is 9.11. The van der Waals surface area contributed by atoms with Crippen molar-refractivity contribution in [3.63, 3.8) is 0 Å². The minimum Gasteiger partial charge on any atom is -0.326 e. The van der Waals surface area contributed by atoms with Gasteiger partial charge in [-0.15, -0.1) is 11.3 Å². The van der Waals surface area contributed by atoms with Gasteiger partial charge < -0.3 is 5.73 Å². The molecule has 7 heteroatoms. The van der Waals surface area contributed by atoms with Crippen LogP contribution in [-0.4, -0.2) is 14.5 Å². The highest BCUT2D eigenvalue weighted by Gasteiger charge is 2.27. The minimum atomic E-state index is -3.45. The van der Waals surface area contributed by atoms with Crippen LogP contribution in [-0.2, 0) is 16.6 Å². The molecule has 0 bridgehead atoms. The molecule has 1 saturated carbocycles. The second kappa shape index (κ2) is 6.87. The van der Waals surface area contributed by atoms with Crippen LogP contribution < -0.4 is 10.5 Å². The summed E-state index contributed by atoms with van der Waals surface area (Å²) in [6, 6.07) is 1.73. The Balaban J connectivity index is 2.12. The number of hydrogen-bond acceptors (Lipinski definition) is 4. The van der Waals surface area contributed by atoms with E-state index in [-0.39, 0.29) is 6.04 Å². The van der Waals surface area contributed by atoms with Crippen molar-refractivity contribution in [3.8, 4) is 0 Å². The van der Waals surface area contributed by atoms with Gasteiger partial charge in [0, 0.05) is 17.5 Å². The Morgan fingerprint density at radius 3 is 2.85 bits per heavy atom. The van der Waals surface area contributed by atoms with Crippen molar-refractivity contribution in [2.75, 3.05) is 0 Å². The van der Waals surface area contributed by atoms with Gasteiger partial charge in [0.25, 0.3) is 0 Å². The fourth-order valence-corrected chi connectivity index (χ4v) is 6.58. The van der Waals surface area contributed by atoms with Crippen molar-refractivity contribution in [2.24, 2.45) is 11.7 Å². The van der Waals surface area contributed by atoms with Gasteiger partial charge in [0.05, 0.1) is 3.79 Å². The molecule has 20 heavy (non-hydrogen) atoms. The molecular weight excluding hydrogens is 360 g/mol. The maximum Gasteiger partial charge on any atom is 0.242 e. The van der Waals surface area contributed by atoms with Gasteiger partial charge in [0.15, 0.2) is 0 Å². The van der Waals surface area contributed by atoms with E-state index in [9.17, 15) is 8.42 Å². The van der Waals surface area contributed by atoms with Gasteiger partial charge in [-0.05, 0) is 40.8 Å². The van der Waals surface area contributed by atoms with E-state index in [4.69, 9.17) is 5.73 Å². The van der Waals surface area contributed by atoms with Gasteiger partial charge >= 0.3 is 0 Å². The van der Waals surface area contributed by atoms with Crippen LogP contribution in [0.1, 0.15) is 43.9 Å². The number of nitrogens with one attached hydrogen (secondary N) is 1. The fourth-order valence-electron chi connectivity index (χ4n) is 2.73. The van der Waals surface area contributed by atoms with Gasteiger partial charge in [0.1, 0.15) is 4.90 Å². The van der Waals surface area contributed by atoms with Gasteiger partial charge in [-0.25, -0.2) is 13.1 Å². The lowest BCUT2D eigenvalue weighted by Gasteiger charge is -2.28. The Morgan fingerprint density at radius 2 is 2.25 bits per heavy atom. The zero-order valence-electron chi connectivity index (χ0n) is 11.6. The first-order valence-corrected chi connectivity index (χ1v) is 10.1. The van der Waals surface area contributed by atoms with Gasteiger partial charge in [0.2, 0.25) is 10.0 Å². The summed E-state index contributed by atoms with van der Waals surface area (Å²) >= 11 is 4.71. The van der Waals surface area contributed by atoms with E-state index in [1.54, 1.807) is 6.07 Å². The van der Waals surface area contributed by atoms with Crippen molar-refractivity contribution in [3.05, 3.63) is 14.7 Å². The third kappa shape index (κ3) is 3.82. The summed E-state index contributed by atoms with van der Waals surface area (Å²) in [4.78, 5) is 1.19. The van der Waals surface area contributed by atoms with Crippen LogP contribution in [0.5, 0.6) is 0 Å². The van der Waals surface area contributed by atoms with Crippen molar-refractivity contribution in [2.45, 2.75) is 56.5 Å². The minimum absolute atomic E-state index is 0.0619. The van der Waals surface area contributed by atoms with E-state index < -0.39 is 10.0 Å². The van der Waals surface area contributed by atoms with Crippen LogP contribution in [0, 0.1) is 5.92 Å². The van der Waals surface area contributed by atoms with Crippen molar-refractivity contribution in [1.82, 2.24) is 4.72 Å². The third-order valence-corrected chi connectivity index (χ3v) is 7.67. The van der Waals surface area contributed by atoms with Crippen LogP contribution in [0.15, 0.2) is 14.7 Å². The van der Waals surface area contributed by atoms with Gasteiger partial charge in [-0.3, -0.25) is 0 Å². The molecule has 2 atom stereocenters. The van der Waals surface area contributed by atoms with E-state index in [1.807, 2.05) is 0 Å². The molecule has 0 saturated heterocycles. The predicted molar refractivity (Wildman–Crippen MR) is 86.3 cm³/mol. The maximum atomic E-state index is 12.5. The van der Waals surface area contributed by atoms with Gasteiger partial charge in [-0.2, -0.15) is 0 Å². The van der Waals surface area contributed by atoms with Crippen LogP contribution in [0.4, 0.5) is 0 Å². The summed E-state index contributed by atoms with van der Waals surface area (Å²) in [5.41, 5.74) is 5.57. The molecule has 0 radical (unpaired) electrons. The van der Waals surface area contributed by atoms with Crippen molar-refractivity contribution in [1.29, 1.82) is 0 Å². The smallest absolute Gasteiger partial charge is 0.242 e. The molecule has 1 aromatic rings. The molecule has 1 aromatic heterocycles. The zero-order valence-corrected chi connectivity index (χ0v) is 14.8. The molecule has 1 aliphatic rings. The first kappa shape index (κ1) is 16.4. The van der Waals surface area contributed by atoms with Gasteiger partial charge in [-0.1, -0.05) is 26.2 Å². The van der Waals surface area contributed by atoms with E-state index in [0.717, 1.165) is 30.6 Å². The van der Waals surface area contributed by atoms with E-state index in [2.05, 4.69) is 27.6 Å². The summed E-state index contributed by atoms with van der Waals surface area (Å²) in [5.74, 6) is 0.641. The lowest BCUT2D eigenvalue weighted by atomic mass is 9.85. The number of hydrogen-bond donors (Lipinski definition) is 2. The Morgan fingerprint density at radius 1 is 1.50 bits per heavy atom. The molecular formula is C13H21BrN2O2S2. The summed E-state index contributed by atoms with van der Waals surface area (Å²) in [7, 11) is -3.45. The maximum absolute atomic E-state index is 12.5.